The fourth-order valence-electron chi connectivity index (χ4n) is 3.29. The van der Waals surface area contributed by atoms with Gasteiger partial charge in [-0.1, -0.05) is 6.07 Å². The number of amides is 3. The number of carbonyl (C=O) groups is 2. The quantitative estimate of drug-likeness (QED) is 0.706. The molecule has 0 radical (unpaired) electrons. The Bertz CT molecular complexity index is 712. The molecule has 1 aromatic rings. The number of rotatable bonds is 8. The summed E-state index contributed by atoms with van der Waals surface area (Å²) in [4.78, 5) is 26.3. The number of nitrogens with one attached hydrogen (secondary N) is 2. The highest BCUT2D eigenvalue weighted by Crippen LogP contribution is 2.29. The molecule has 7 nitrogen and oxygen atoms in total. The second kappa shape index (κ2) is 9.07. The Hall–Kier alpha value is -2.58. The molecule has 3 rings (SSSR count). The average molecular weight is 397 g/mol. The van der Waals surface area contributed by atoms with E-state index in [0.717, 1.165) is 24.8 Å². The maximum absolute atomic E-state index is 12.5. The zero-order valence-corrected chi connectivity index (χ0v) is 15.7. The van der Waals surface area contributed by atoms with Crippen LogP contribution < -0.4 is 20.1 Å². The van der Waals surface area contributed by atoms with E-state index in [1.807, 2.05) is 0 Å². The van der Waals surface area contributed by atoms with E-state index in [-0.39, 0.29) is 29.5 Å². The zero-order valence-electron chi connectivity index (χ0n) is 15.7. The molecule has 2 aliphatic rings. The smallest absolute Gasteiger partial charge is 0.387 e. The molecule has 1 saturated heterocycles. The molecular weight excluding hydrogens is 372 g/mol. The predicted octanol–water partition coefficient (Wildman–Crippen LogP) is 2.29. The van der Waals surface area contributed by atoms with Crippen LogP contribution in [0.3, 0.4) is 0 Å². The van der Waals surface area contributed by atoms with Gasteiger partial charge >= 0.3 is 12.6 Å². The number of hydrogen-bond acceptors (Lipinski definition) is 4. The van der Waals surface area contributed by atoms with Crippen LogP contribution >= 0.6 is 0 Å². The topological polar surface area (TPSA) is 79.9 Å². The maximum atomic E-state index is 12.5. The minimum atomic E-state index is -2.95. The summed E-state index contributed by atoms with van der Waals surface area (Å²) in [7, 11) is 1.37. The van der Waals surface area contributed by atoms with Gasteiger partial charge in [0.25, 0.3) is 0 Å². The Morgan fingerprint density at radius 1 is 1.25 bits per heavy atom. The first-order chi connectivity index (χ1) is 13.5. The largest absolute Gasteiger partial charge is 0.493 e. The van der Waals surface area contributed by atoms with E-state index < -0.39 is 12.7 Å². The number of hydrogen-bond donors (Lipinski definition) is 2. The van der Waals surface area contributed by atoms with Crippen molar-refractivity contribution in [3.8, 4) is 11.5 Å². The Morgan fingerprint density at radius 2 is 2.04 bits per heavy atom. The van der Waals surface area contributed by atoms with Gasteiger partial charge < -0.3 is 25.0 Å². The van der Waals surface area contributed by atoms with Crippen molar-refractivity contribution < 1.29 is 27.8 Å². The molecule has 1 unspecified atom stereocenters. The lowest BCUT2D eigenvalue weighted by molar-refractivity contribution is -0.124. The van der Waals surface area contributed by atoms with Crippen molar-refractivity contribution in [3.05, 3.63) is 23.8 Å². The van der Waals surface area contributed by atoms with Gasteiger partial charge in [-0.2, -0.15) is 8.78 Å². The van der Waals surface area contributed by atoms with Gasteiger partial charge in [-0.25, -0.2) is 4.79 Å². The Labute approximate surface area is 162 Å². The molecule has 2 N–H and O–H groups in total. The van der Waals surface area contributed by atoms with Gasteiger partial charge in [0.2, 0.25) is 5.91 Å². The molecule has 1 aliphatic heterocycles. The minimum Gasteiger partial charge on any atom is -0.493 e. The van der Waals surface area contributed by atoms with Gasteiger partial charge in [0.15, 0.2) is 11.5 Å². The molecule has 3 amide bonds. The molecule has 0 aromatic heterocycles. The number of benzene rings is 1. The summed E-state index contributed by atoms with van der Waals surface area (Å²) in [6, 6.07) is 4.30. The van der Waals surface area contributed by atoms with Crippen LogP contribution in [0.1, 0.15) is 31.2 Å². The predicted molar refractivity (Wildman–Crippen MR) is 97.6 cm³/mol. The normalized spacial score (nSPS) is 18.9. The fraction of sp³-hybridized carbons (Fsp3) is 0.579. The number of alkyl halides is 2. The highest BCUT2D eigenvalue weighted by atomic mass is 19.3. The molecule has 0 spiro atoms. The van der Waals surface area contributed by atoms with Crippen molar-refractivity contribution in [2.45, 2.75) is 50.8 Å². The highest BCUT2D eigenvalue weighted by molar-refractivity contribution is 5.88. The number of urea groups is 1. The van der Waals surface area contributed by atoms with Gasteiger partial charge in [-0.15, -0.1) is 0 Å². The number of carbonyl (C=O) groups excluding carboxylic acids is 2. The summed E-state index contributed by atoms with van der Waals surface area (Å²) in [6.45, 7) is -2.09. The molecule has 1 aromatic carbocycles. The molecule has 1 atom stereocenters. The van der Waals surface area contributed by atoms with Gasteiger partial charge in [-0.3, -0.25) is 4.79 Å². The summed E-state index contributed by atoms with van der Waals surface area (Å²) < 4.78 is 34.5. The van der Waals surface area contributed by atoms with E-state index in [0.29, 0.717) is 25.9 Å². The maximum Gasteiger partial charge on any atom is 0.387 e. The van der Waals surface area contributed by atoms with Crippen molar-refractivity contribution >= 4 is 11.9 Å². The van der Waals surface area contributed by atoms with Gasteiger partial charge in [-0.05, 0) is 49.8 Å². The van der Waals surface area contributed by atoms with Crippen LogP contribution in [0.25, 0.3) is 0 Å². The first kappa shape index (κ1) is 20.2. The monoisotopic (exact) mass is 397 g/mol. The zero-order chi connectivity index (χ0) is 20.1. The molecule has 1 saturated carbocycles. The lowest BCUT2D eigenvalue weighted by Gasteiger charge is -2.24. The standard InChI is InChI=1S/C19H25F2N3O4/c1-27-15-7-4-12(11-16(15)28-18(20)21)8-9-22-19(26)24-10-2-3-14(24)17(25)23-13-5-6-13/h4,7,11,13-14,18H,2-3,5-6,8-10H2,1H3,(H,22,26)(H,23,25). The SMILES string of the molecule is COc1ccc(CCNC(=O)N2CCCC2C(=O)NC2CC2)cc1OC(F)F. The highest BCUT2D eigenvalue weighted by Gasteiger charge is 2.36. The third-order valence-electron chi connectivity index (χ3n) is 4.87. The molecule has 1 heterocycles. The van der Waals surface area contributed by atoms with E-state index in [2.05, 4.69) is 15.4 Å². The van der Waals surface area contributed by atoms with E-state index in [4.69, 9.17) is 4.74 Å². The van der Waals surface area contributed by atoms with Gasteiger partial charge in [0.05, 0.1) is 7.11 Å². The minimum absolute atomic E-state index is 0.0438. The summed E-state index contributed by atoms with van der Waals surface area (Å²) in [5.74, 6) is 0.0893. The summed E-state index contributed by atoms with van der Waals surface area (Å²) in [5, 5.41) is 5.75. The lowest BCUT2D eigenvalue weighted by atomic mass is 10.1. The second-order valence-corrected chi connectivity index (χ2v) is 6.98. The average Bonchev–Trinajstić information content (AvgIpc) is 3.32. The van der Waals surface area contributed by atoms with E-state index in [9.17, 15) is 18.4 Å². The van der Waals surface area contributed by atoms with E-state index >= 15 is 0 Å². The number of methoxy groups -OCH3 is 1. The van der Waals surface area contributed by atoms with E-state index in [1.54, 1.807) is 17.0 Å². The van der Waals surface area contributed by atoms with Gasteiger partial charge in [0.1, 0.15) is 6.04 Å². The molecular formula is C19H25F2N3O4. The molecule has 1 aliphatic carbocycles. The van der Waals surface area contributed by atoms with Crippen molar-refractivity contribution in [3.63, 3.8) is 0 Å². The van der Waals surface area contributed by atoms with Crippen LogP contribution in [-0.4, -0.2) is 55.7 Å². The van der Waals surface area contributed by atoms with Crippen molar-refractivity contribution in [1.82, 2.24) is 15.5 Å². The summed E-state index contributed by atoms with van der Waals surface area (Å²) in [6.07, 6.45) is 3.90. The third kappa shape index (κ3) is 5.24. The first-order valence-electron chi connectivity index (χ1n) is 9.44. The number of likely N-dealkylation sites (tertiary alicyclic amines) is 1. The Kier molecular flexibility index (Phi) is 6.53. The summed E-state index contributed by atoms with van der Waals surface area (Å²) in [5.41, 5.74) is 0.723. The number of halogens is 2. The first-order valence-corrected chi connectivity index (χ1v) is 9.44. The summed E-state index contributed by atoms with van der Waals surface area (Å²) >= 11 is 0. The van der Waals surface area contributed by atoms with Crippen molar-refractivity contribution in [1.29, 1.82) is 0 Å². The second-order valence-electron chi connectivity index (χ2n) is 6.98. The van der Waals surface area contributed by atoms with Crippen LogP contribution in [0.4, 0.5) is 13.6 Å². The molecule has 2 fully saturated rings. The van der Waals surface area contributed by atoms with Crippen molar-refractivity contribution in [2.24, 2.45) is 0 Å². The van der Waals surface area contributed by atoms with E-state index in [1.165, 1.54) is 13.2 Å². The van der Waals surface area contributed by atoms with Crippen LogP contribution in [0, 0.1) is 0 Å². The Morgan fingerprint density at radius 3 is 2.71 bits per heavy atom. The number of ether oxygens (including phenoxy) is 2. The fourth-order valence-corrected chi connectivity index (χ4v) is 3.29. The van der Waals surface area contributed by atoms with Crippen molar-refractivity contribution in [2.75, 3.05) is 20.2 Å². The van der Waals surface area contributed by atoms with Crippen LogP contribution in [0.15, 0.2) is 18.2 Å². The third-order valence-corrected chi connectivity index (χ3v) is 4.87. The van der Waals surface area contributed by atoms with Crippen LogP contribution in [0.5, 0.6) is 11.5 Å². The molecule has 0 bridgehead atoms. The number of nitrogens with zero attached hydrogens (tertiary/aromatic N) is 1. The molecule has 28 heavy (non-hydrogen) atoms. The lowest BCUT2D eigenvalue weighted by Crippen LogP contribution is -2.50. The van der Waals surface area contributed by atoms with Gasteiger partial charge in [0, 0.05) is 19.1 Å². The Balaban J connectivity index is 1.51. The molecule has 154 valence electrons. The molecule has 9 heteroatoms. The van der Waals surface area contributed by atoms with Crippen LogP contribution in [-0.2, 0) is 11.2 Å². The van der Waals surface area contributed by atoms with Crippen LogP contribution in [0.2, 0.25) is 0 Å².